The number of nitrogens with zero attached hydrogens (tertiary/aromatic N) is 2. The summed E-state index contributed by atoms with van der Waals surface area (Å²) in [4.78, 5) is 22.5. The van der Waals surface area contributed by atoms with Crippen LogP contribution in [0.1, 0.15) is 10.5 Å². The summed E-state index contributed by atoms with van der Waals surface area (Å²) in [5.41, 5.74) is 0.410. The molecule has 0 aliphatic heterocycles. The van der Waals surface area contributed by atoms with Crippen molar-refractivity contribution in [1.29, 1.82) is 0 Å². The Kier molecular flexibility index (Phi) is 4.68. The summed E-state index contributed by atoms with van der Waals surface area (Å²) in [5, 5.41) is 18.6. The van der Waals surface area contributed by atoms with Crippen molar-refractivity contribution < 1.29 is 19.4 Å². The van der Waals surface area contributed by atoms with Gasteiger partial charge in [-0.15, -0.1) is 10.2 Å². The minimum atomic E-state index is -1.11. The molecule has 0 unspecified atom stereocenters. The molecule has 0 aliphatic rings. The highest BCUT2D eigenvalue weighted by atomic mass is 35.5. The Morgan fingerprint density at radius 2 is 1.95 bits per heavy atom. The van der Waals surface area contributed by atoms with Crippen LogP contribution in [-0.4, -0.2) is 33.8 Å². The molecule has 0 saturated carbocycles. The van der Waals surface area contributed by atoms with Crippen molar-refractivity contribution in [2.75, 3.05) is 11.9 Å². The summed E-state index contributed by atoms with van der Waals surface area (Å²) < 4.78 is 5.08. The zero-order valence-corrected chi connectivity index (χ0v) is 11.4. The van der Waals surface area contributed by atoms with E-state index in [2.05, 4.69) is 15.5 Å². The molecular weight excluding hydrogens is 298 g/mol. The topological polar surface area (TPSA) is 101 Å². The number of rotatable bonds is 5. The van der Waals surface area contributed by atoms with Gasteiger partial charge < -0.3 is 15.2 Å². The van der Waals surface area contributed by atoms with E-state index in [4.69, 9.17) is 21.4 Å². The lowest BCUT2D eigenvalue weighted by Crippen LogP contribution is -2.16. The molecule has 2 N–H and O–H groups in total. The van der Waals surface area contributed by atoms with Crippen molar-refractivity contribution in [2.45, 2.75) is 0 Å². The number of carbonyl (C=O) groups is 2. The zero-order valence-electron chi connectivity index (χ0n) is 10.6. The van der Waals surface area contributed by atoms with Gasteiger partial charge >= 0.3 is 5.97 Å². The van der Waals surface area contributed by atoms with Gasteiger partial charge in [-0.25, -0.2) is 4.79 Å². The molecule has 1 aromatic heterocycles. The maximum absolute atomic E-state index is 12.0. The summed E-state index contributed by atoms with van der Waals surface area (Å²) in [6.07, 6.45) is 0. The minimum Gasteiger partial charge on any atom is -0.480 e. The summed E-state index contributed by atoms with van der Waals surface area (Å²) in [5.74, 6) is -1.37. The van der Waals surface area contributed by atoms with E-state index in [0.29, 0.717) is 5.69 Å². The number of hydrogen-bond donors (Lipinski definition) is 2. The van der Waals surface area contributed by atoms with Gasteiger partial charge in [-0.1, -0.05) is 23.7 Å². The smallest absolute Gasteiger partial charge is 0.341 e. The van der Waals surface area contributed by atoms with Crippen molar-refractivity contribution in [3.05, 3.63) is 47.2 Å². The monoisotopic (exact) mass is 307 g/mol. The molecule has 1 aromatic carbocycles. The molecule has 1 amide bonds. The van der Waals surface area contributed by atoms with Crippen LogP contribution in [0.4, 0.5) is 5.69 Å². The molecule has 0 atom stereocenters. The molecule has 7 nitrogen and oxygen atoms in total. The fourth-order valence-electron chi connectivity index (χ4n) is 1.46. The Bertz CT molecular complexity index is 661. The lowest BCUT2D eigenvalue weighted by Gasteiger charge is -2.10. The van der Waals surface area contributed by atoms with Crippen molar-refractivity contribution in [3.63, 3.8) is 0 Å². The number of para-hydroxylation sites is 2. The molecule has 0 aliphatic carbocycles. The summed E-state index contributed by atoms with van der Waals surface area (Å²) >= 11 is 5.59. The molecule has 0 spiro atoms. The molecule has 2 aromatic rings. The standard InChI is InChI=1S/C13H10ClN3O4/c14-11-6-5-9(16-17-11)13(20)15-8-3-1-2-4-10(8)21-7-12(18)19/h1-6H,7H2,(H,15,20)(H,18,19). The molecule has 0 radical (unpaired) electrons. The Morgan fingerprint density at radius 1 is 1.19 bits per heavy atom. The average molecular weight is 308 g/mol. The number of carboxylic acid groups (broad SMARTS) is 1. The van der Waals surface area contributed by atoms with Crippen LogP contribution < -0.4 is 10.1 Å². The molecule has 108 valence electrons. The van der Waals surface area contributed by atoms with Gasteiger partial charge in [0.25, 0.3) is 5.91 Å². The Labute approximate surface area is 124 Å². The van der Waals surface area contributed by atoms with Gasteiger partial charge in [0.15, 0.2) is 17.5 Å². The second-order valence-corrected chi connectivity index (χ2v) is 4.26. The van der Waals surface area contributed by atoms with E-state index < -0.39 is 18.5 Å². The van der Waals surface area contributed by atoms with E-state index in [1.807, 2.05) is 0 Å². The third kappa shape index (κ3) is 4.15. The van der Waals surface area contributed by atoms with E-state index in [0.717, 1.165) is 0 Å². The molecule has 2 rings (SSSR count). The normalized spacial score (nSPS) is 9.95. The van der Waals surface area contributed by atoms with Gasteiger partial charge in [-0.3, -0.25) is 4.79 Å². The molecule has 0 saturated heterocycles. The van der Waals surface area contributed by atoms with E-state index in [1.165, 1.54) is 12.1 Å². The first-order valence-corrected chi connectivity index (χ1v) is 6.18. The van der Waals surface area contributed by atoms with Crippen molar-refractivity contribution in [2.24, 2.45) is 0 Å². The maximum Gasteiger partial charge on any atom is 0.341 e. The predicted molar refractivity (Wildman–Crippen MR) is 74.6 cm³/mol. The van der Waals surface area contributed by atoms with Crippen LogP contribution >= 0.6 is 11.6 Å². The molecule has 0 bridgehead atoms. The minimum absolute atomic E-state index is 0.0763. The lowest BCUT2D eigenvalue weighted by atomic mass is 10.2. The van der Waals surface area contributed by atoms with Crippen molar-refractivity contribution in [1.82, 2.24) is 10.2 Å². The van der Waals surface area contributed by atoms with Crippen LogP contribution in [0.25, 0.3) is 0 Å². The molecule has 8 heteroatoms. The van der Waals surface area contributed by atoms with Crippen LogP contribution in [0.15, 0.2) is 36.4 Å². The van der Waals surface area contributed by atoms with Gasteiger partial charge in [0.05, 0.1) is 5.69 Å². The van der Waals surface area contributed by atoms with Gasteiger partial charge in [-0.05, 0) is 24.3 Å². The van der Waals surface area contributed by atoms with Crippen LogP contribution in [0.2, 0.25) is 5.15 Å². The van der Waals surface area contributed by atoms with Crippen molar-refractivity contribution in [3.8, 4) is 5.75 Å². The number of aliphatic carboxylic acids is 1. The molecule has 21 heavy (non-hydrogen) atoms. The molecule has 0 fully saturated rings. The highest BCUT2D eigenvalue weighted by molar-refractivity contribution is 6.29. The van der Waals surface area contributed by atoms with E-state index in [9.17, 15) is 9.59 Å². The van der Waals surface area contributed by atoms with Gasteiger partial charge in [-0.2, -0.15) is 0 Å². The van der Waals surface area contributed by atoms with E-state index in [-0.39, 0.29) is 16.6 Å². The highest BCUT2D eigenvalue weighted by Gasteiger charge is 2.12. The first kappa shape index (κ1) is 14.7. The Balaban J connectivity index is 2.13. The third-order valence-electron chi connectivity index (χ3n) is 2.35. The number of halogens is 1. The SMILES string of the molecule is O=C(O)COc1ccccc1NC(=O)c1ccc(Cl)nn1. The second-order valence-electron chi connectivity index (χ2n) is 3.87. The Hall–Kier alpha value is -2.67. The van der Waals surface area contributed by atoms with Crippen LogP contribution in [0.3, 0.4) is 0 Å². The number of aromatic nitrogens is 2. The first-order chi connectivity index (χ1) is 10.1. The number of amides is 1. The van der Waals surface area contributed by atoms with Gasteiger partial charge in [0.2, 0.25) is 0 Å². The largest absolute Gasteiger partial charge is 0.480 e. The average Bonchev–Trinajstić information content (AvgIpc) is 2.47. The second kappa shape index (κ2) is 6.67. The number of anilines is 1. The number of carbonyl (C=O) groups excluding carboxylic acids is 1. The summed E-state index contributed by atoms with van der Waals surface area (Å²) in [6.45, 7) is -0.506. The maximum atomic E-state index is 12.0. The quantitative estimate of drug-likeness (QED) is 0.874. The number of nitrogens with one attached hydrogen (secondary N) is 1. The summed E-state index contributed by atoms with van der Waals surface area (Å²) in [6, 6.07) is 9.33. The fraction of sp³-hybridized carbons (Fsp3) is 0.0769. The zero-order chi connectivity index (χ0) is 15.2. The molecular formula is C13H10ClN3O4. The van der Waals surface area contributed by atoms with Crippen LogP contribution in [-0.2, 0) is 4.79 Å². The van der Waals surface area contributed by atoms with Crippen molar-refractivity contribution >= 4 is 29.2 Å². The third-order valence-corrected chi connectivity index (χ3v) is 2.55. The van der Waals surface area contributed by atoms with E-state index in [1.54, 1.807) is 24.3 Å². The van der Waals surface area contributed by atoms with Gasteiger partial charge in [0.1, 0.15) is 5.75 Å². The van der Waals surface area contributed by atoms with Crippen LogP contribution in [0, 0.1) is 0 Å². The number of hydrogen-bond acceptors (Lipinski definition) is 5. The number of carboxylic acids is 1. The fourth-order valence-corrected chi connectivity index (χ4v) is 1.56. The highest BCUT2D eigenvalue weighted by Crippen LogP contribution is 2.24. The van der Waals surface area contributed by atoms with Crippen LogP contribution in [0.5, 0.6) is 5.75 Å². The number of benzene rings is 1. The first-order valence-electron chi connectivity index (χ1n) is 5.80. The van der Waals surface area contributed by atoms with E-state index >= 15 is 0 Å². The number of ether oxygens (including phenoxy) is 1. The van der Waals surface area contributed by atoms with Gasteiger partial charge in [0, 0.05) is 0 Å². The lowest BCUT2D eigenvalue weighted by molar-refractivity contribution is -0.139. The summed E-state index contributed by atoms with van der Waals surface area (Å²) in [7, 11) is 0. The Morgan fingerprint density at radius 3 is 2.62 bits per heavy atom. The predicted octanol–water partition coefficient (Wildman–Crippen LogP) is 1.85. The molecule has 1 heterocycles.